The fourth-order valence-corrected chi connectivity index (χ4v) is 4.81. The maximum atomic E-state index is 12.2. The van der Waals surface area contributed by atoms with Crippen molar-refractivity contribution in [3.8, 4) is 0 Å². The van der Waals surface area contributed by atoms with E-state index in [-0.39, 0.29) is 12.4 Å². The zero-order valence-corrected chi connectivity index (χ0v) is 25.2. The van der Waals surface area contributed by atoms with Crippen LogP contribution in [-0.4, -0.2) is 40.6 Å². The quantitative estimate of drug-likeness (QED) is 0.0584. The molecule has 2 N–H and O–H groups in total. The second kappa shape index (κ2) is 27.4. The molecule has 6 nitrogen and oxygen atoms in total. The normalized spacial score (nSPS) is 13.0. The Morgan fingerprint density at radius 3 is 1.11 bits per heavy atom. The molecular formula is C32H62O6. The van der Waals surface area contributed by atoms with E-state index >= 15 is 0 Å². The van der Waals surface area contributed by atoms with Crippen molar-refractivity contribution < 1.29 is 29.3 Å². The zero-order valence-electron chi connectivity index (χ0n) is 25.2. The lowest BCUT2D eigenvalue weighted by Gasteiger charge is -2.25. The summed E-state index contributed by atoms with van der Waals surface area (Å²) >= 11 is 0. The number of hydrogen-bond donors (Lipinski definition) is 2. The van der Waals surface area contributed by atoms with Gasteiger partial charge in [0.2, 0.25) is 0 Å². The first-order chi connectivity index (χ1) is 18.4. The Bertz CT molecular complexity index is 536. The maximum absolute atomic E-state index is 12.2. The predicted molar refractivity (Wildman–Crippen MR) is 156 cm³/mol. The minimum atomic E-state index is -1.89. The molecule has 0 rings (SSSR count). The van der Waals surface area contributed by atoms with Gasteiger partial charge in [0.15, 0.2) is 12.4 Å². The standard InChI is InChI=1S/C32H62O6/c1-4-6-8-10-12-14-16-18-20-22-24-26-29(33)37-28(3)31(32(35)36)38-30(34)27-25-23-21-19-17-15-13-11-9-7-5-2/h28,31-32,35-36H,4-27H2,1-3H3. The largest absolute Gasteiger partial charge is 0.458 e. The van der Waals surface area contributed by atoms with E-state index < -0.39 is 24.5 Å². The van der Waals surface area contributed by atoms with Gasteiger partial charge in [-0.25, -0.2) is 0 Å². The van der Waals surface area contributed by atoms with Crippen LogP contribution >= 0.6 is 0 Å². The van der Waals surface area contributed by atoms with Crippen molar-refractivity contribution in [2.75, 3.05) is 0 Å². The van der Waals surface area contributed by atoms with Crippen LogP contribution in [0.4, 0.5) is 0 Å². The first-order valence-corrected chi connectivity index (χ1v) is 16.2. The maximum Gasteiger partial charge on any atom is 0.306 e. The second-order valence-electron chi connectivity index (χ2n) is 11.1. The van der Waals surface area contributed by atoms with Gasteiger partial charge in [-0.2, -0.15) is 0 Å². The molecule has 0 fully saturated rings. The highest BCUT2D eigenvalue weighted by atomic mass is 16.6. The average Bonchev–Trinajstić information content (AvgIpc) is 2.88. The lowest BCUT2D eigenvalue weighted by atomic mass is 10.1. The summed E-state index contributed by atoms with van der Waals surface area (Å²) in [5.74, 6) is -0.868. The highest BCUT2D eigenvalue weighted by Gasteiger charge is 2.30. The van der Waals surface area contributed by atoms with Crippen LogP contribution in [0, 0.1) is 0 Å². The summed E-state index contributed by atoms with van der Waals surface area (Å²) in [5, 5.41) is 19.3. The SMILES string of the molecule is CCCCCCCCCCCCCC(=O)OC(C)C(OC(=O)CCCCCCCCCCCCC)C(O)O. The summed E-state index contributed by atoms with van der Waals surface area (Å²) in [6.45, 7) is 6.01. The molecule has 0 aromatic carbocycles. The van der Waals surface area contributed by atoms with Gasteiger partial charge in [0, 0.05) is 12.8 Å². The number of ether oxygens (including phenoxy) is 2. The Hall–Kier alpha value is -1.14. The Kier molecular flexibility index (Phi) is 26.6. The number of esters is 2. The number of carbonyl (C=O) groups excluding carboxylic acids is 2. The monoisotopic (exact) mass is 542 g/mol. The van der Waals surface area contributed by atoms with Gasteiger partial charge < -0.3 is 19.7 Å². The molecule has 0 aromatic heterocycles. The highest BCUT2D eigenvalue weighted by molar-refractivity contribution is 5.70. The molecule has 0 aromatic rings. The molecule has 0 spiro atoms. The summed E-state index contributed by atoms with van der Waals surface area (Å²) in [4.78, 5) is 24.4. The third-order valence-electron chi connectivity index (χ3n) is 7.31. The van der Waals surface area contributed by atoms with Gasteiger partial charge in [-0.05, 0) is 19.8 Å². The average molecular weight is 543 g/mol. The van der Waals surface area contributed by atoms with Crippen LogP contribution in [0.2, 0.25) is 0 Å². The van der Waals surface area contributed by atoms with E-state index in [1.807, 2.05) is 0 Å². The van der Waals surface area contributed by atoms with E-state index in [1.165, 1.54) is 110 Å². The van der Waals surface area contributed by atoms with Crippen LogP contribution in [0.25, 0.3) is 0 Å². The molecule has 0 aliphatic heterocycles. The Labute approximate surface area is 234 Å². The van der Waals surface area contributed by atoms with Crippen LogP contribution in [0.5, 0.6) is 0 Å². The fourth-order valence-electron chi connectivity index (χ4n) is 4.81. The summed E-state index contributed by atoms with van der Waals surface area (Å²) < 4.78 is 10.6. The summed E-state index contributed by atoms with van der Waals surface area (Å²) in [6.07, 6.45) is 22.9. The minimum absolute atomic E-state index is 0.236. The molecule has 226 valence electrons. The van der Waals surface area contributed by atoms with E-state index in [9.17, 15) is 19.8 Å². The number of unbranched alkanes of at least 4 members (excludes halogenated alkanes) is 20. The van der Waals surface area contributed by atoms with Crippen molar-refractivity contribution in [3.05, 3.63) is 0 Å². The number of aliphatic hydroxyl groups is 2. The molecule has 0 saturated carbocycles. The molecule has 0 aliphatic rings. The minimum Gasteiger partial charge on any atom is -0.458 e. The molecule has 0 saturated heterocycles. The predicted octanol–water partition coefficient (Wildman–Crippen LogP) is 8.54. The van der Waals surface area contributed by atoms with Crippen molar-refractivity contribution in [2.45, 2.75) is 193 Å². The van der Waals surface area contributed by atoms with Crippen LogP contribution in [-0.2, 0) is 19.1 Å². The fraction of sp³-hybridized carbons (Fsp3) is 0.938. The topological polar surface area (TPSA) is 93.1 Å². The van der Waals surface area contributed by atoms with E-state index in [0.717, 1.165) is 38.5 Å². The summed E-state index contributed by atoms with van der Waals surface area (Å²) in [6, 6.07) is 0. The Morgan fingerprint density at radius 2 is 0.789 bits per heavy atom. The Balaban J connectivity index is 3.87. The highest BCUT2D eigenvalue weighted by Crippen LogP contribution is 2.16. The lowest BCUT2D eigenvalue weighted by Crippen LogP contribution is -2.42. The van der Waals surface area contributed by atoms with Gasteiger partial charge in [0.1, 0.15) is 6.10 Å². The number of carbonyl (C=O) groups is 2. The van der Waals surface area contributed by atoms with Gasteiger partial charge in [-0.1, -0.05) is 142 Å². The third-order valence-corrected chi connectivity index (χ3v) is 7.31. The van der Waals surface area contributed by atoms with Gasteiger partial charge in [-0.15, -0.1) is 0 Å². The number of aliphatic hydroxyl groups excluding tert-OH is 1. The molecule has 2 atom stereocenters. The number of hydrogen-bond acceptors (Lipinski definition) is 6. The van der Waals surface area contributed by atoms with Gasteiger partial charge >= 0.3 is 11.9 Å². The molecule has 0 radical (unpaired) electrons. The van der Waals surface area contributed by atoms with Crippen LogP contribution < -0.4 is 0 Å². The van der Waals surface area contributed by atoms with E-state index in [2.05, 4.69) is 13.8 Å². The van der Waals surface area contributed by atoms with Crippen LogP contribution in [0.15, 0.2) is 0 Å². The summed E-state index contributed by atoms with van der Waals surface area (Å²) in [7, 11) is 0. The lowest BCUT2D eigenvalue weighted by molar-refractivity contribution is -0.200. The van der Waals surface area contributed by atoms with Crippen LogP contribution in [0.3, 0.4) is 0 Å². The van der Waals surface area contributed by atoms with Crippen LogP contribution in [0.1, 0.15) is 175 Å². The smallest absolute Gasteiger partial charge is 0.306 e. The van der Waals surface area contributed by atoms with Crippen molar-refractivity contribution in [1.29, 1.82) is 0 Å². The van der Waals surface area contributed by atoms with Crippen molar-refractivity contribution in [2.24, 2.45) is 0 Å². The molecular weight excluding hydrogens is 480 g/mol. The van der Waals surface area contributed by atoms with Crippen molar-refractivity contribution in [3.63, 3.8) is 0 Å². The second-order valence-corrected chi connectivity index (χ2v) is 11.1. The molecule has 0 bridgehead atoms. The van der Waals surface area contributed by atoms with E-state index in [1.54, 1.807) is 0 Å². The van der Waals surface area contributed by atoms with Crippen molar-refractivity contribution >= 4 is 11.9 Å². The van der Waals surface area contributed by atoms with Gasteiger partial charge in [0.25, 0.3) is 0 Å². The zero-order chi connectivity index (χ0) is 28.3. The molecule has 2 unspecified atom stereocenters. The molecule has 38 heavy (non-hydrogen) atoms. The molecule has 0 aliphatic carbocycles. The number of rotatable bonds is 28. The molecule has 6 heteroatoms. The van der Waals surface area contributed by atoms with E-state index in [0.29, 0.717) is 6.42 Å². The first-order valence-electron chi connectivity index (χ1n) is 16.2. The molecule has 0 heterocycles. The Morgan fingerprint density at radius 1 is 0.500 bits per heavy atom. The summed E-state index contributed by atoms with van der Waals surface area (Å²) in [5.41, 5.74) is 0. The van der Waals surface area contributed by atoms with Gasteiger partial charge in [-0.3, -0.25) is 9.59 Å². The third kappa shape index (κ3) is 23.9. The van der Waals surface area contributed by atoms with Crippen molar-refractivity contribution in [1.82, 2.24) is 0 Å². The molecule has 0 amide bonds. The first kappa shape index (κ1) is 36.9. The van der Waals surface area contributed by atoms with Gasteiger partial charge in [0.05, 0.1) is 0 Å². The van der Waals surface area contributed by atoms with E-state index in [4.69, 9.17) is 9.47 Å².